The van der Waals surface area contributed by atoms with E-state index in [-0.39, 0.29) is 17.4 Å². The van der Waals surface area contributed by atoms with Crippen LogP contribution in [-0.2, 0) is 17.6 Å². The average molecular weight is 332 g/mol. The summed E-state index contributed by atoms with van der Waals surface area (Å²) >= 11 is 0. The number of carbonyl (C=O) groups is 1. The second kappa shape index (κ2) is 6.98. The number of rotatable bonds is 5. The van der Waals surface area contributed by atoms with Crippen LogP contribution in [0.15, 0.2) is 23.0 Å². The molecule has 7 heteroatoms. The first-order valence-electron chi connectivity index (χ1n) is 8.17. The van der Waals surface area contributed by atoms with Gasteiger partial charge in [0.05, 0.1) is 0 Å². The highest BCUT2D eigenvalue weighted by atomic mass is 19.1. The van der Waals surface area contributed by atoms with E-state index in [1.807, 2.05) is 11.0 Å². The molecule has 2 aromatic rings. The largest absolute Gasteiger partial charge is 0.342 e. The van der Waals surface area contributed by atoms with Crippen molar-refractivity contribution in [3.8, 4) is 0 Å². The first-order chi connectivity index (χ1) is 11.5. The van der Waals surface area contributed by atoms with Crippen LogP contribution < -0.4 is 5.69 Å². The summed E-state index contributed by atoms with van der Waals surface area (Å²) in [7, 11) is 0. The van der Waals surface area contributed by atoms with Crippen LogP contribution in [0.2, 0.25) is 0 Å². The number of amides is 1. The molecular weight excluding hydrogens is 311 g/mol. The maximum Gasteiger partial charge on any atom is 0.340 e. The molecule has 24 heavy (non-hydrogen) atoms. The van der Waals surface area contributed by atoms with Gasteiger partial charge in [-0.2, -0.15) is 5.10 Å². The monoisotopic (exact) mass is 332 g/mol. The number of aromatic nitrogens is 3. The van der Waals surface area contributed by atoms with Gasteiger partial charge in [-0.15, -0.1) is 0 Å². The first kappa shape index (κ1) is 16.4. The number of nitrogens with zero attached hydrogens (tertiary/aromatic N) is 2. The van der Waals surface area contributed by atoms with E-state index >= 15 is 0 Å². The number of aromatic amines is 2. The number of hydrogen-bond acceptors (Lipinski definition) is 3. The molecule has 0 spiro atoms. The van der Waals surface area contributed by atoms with Gasteiger partial charge in [0, 0.05) is 25.9 Å². The lowest BCUT2D eigenvalue weighted by molar-refractivity contribution is -0.130. The zero-order chi connectivity index (χ0) is 17.1. The summed E-state index contributed by atoms with van der Waals surface area (Å²) in [6, 6.07) is 5.34. The maximum absolute atomic E-state index is 13.6. The number of halogens is 1. The molecule has 1 fully saturated rings. The van der Waals surface area contributed by atoms with Crippen molar-refractivity contribution in [2.24, 2.45) is 5.92 Å². The molecule has 0 aliphatic carbocycles. The molecule has 0 radical (unpaired) electrons. The van der Waals surface area contributed by atoms with Crippen molar-refractivity contribution < 1.29 is 9.18 Å². The molecule has 1 unspecified atom stereocenters. The van der Waals surface area contributed by atoms with E-state index < -0.39 is 0 Å². The van der Waals surface area contributed by atoms with Crippen LogP contribution in [-0.4, -0.2) is 39.1 Å². The Kier molecular flexibility index (Phi) is 4.78. The second-order valence-electron chi connectivity index (χ2n) is 6.41. The molecular formula is C17H21FN4O2. The highest BCUT2D eigenvalue weighted by Gasteiger charge is 2.26. The van der Waals surface area contributed by atoms with Gasteiger partial charge in [-0.25, -0.2) is 14.3 Å². The Balaban J connectivity index is 1.50. The summed E-state index contributed by atoms with van der Waals surface area (Å²) in [5.41, 5.74) is 1.27. The third-order valence-corrected chi connectivity index (χ3v) is 4.53. The fourth-order valence-electron chi connectivity index (χ4n) is 3.13. The third kappa shape index (κ3) is 3.90. The van der Waals surface area contributed by atoms with Crippen molar-refractivity contribution in [2.45, 2.75) is 32.6 Å². The summed E-state index contributed by atoms with van der Waals surface area (Å²) in [6.07, 6.45) is 2.46. The SMILES string of the molecule is Cc1ccc(CC2CCN(C(=O)CCc3n[nH]c(=O)[nH]3)C2)cc1F. The van der Waals surface area contributed by atoms with Gasteiger partial charge in [0.25, 0.3) is 0 Å². The molecule has 1 aromatic carbocycles. The summed E-state index contributed by atoms with van der Waals surface area (Å²) in [5, 5.41) is 6.09. The Morgan fingerprint density at radius 1 is 1.46 bits per heavy atom. The smallest absolute Gasteiger partial charge is 0.340 e. The van der Waals surface area contributed by atoms with Gasteiger partial charge in [0.15, 0.2) is 0 Å². The number of benzene rings is 1. The lowest BCUT2D eigenvalue weighted by atomic mass is 9.98. The van der Waals surface area contributed by atoms with E-state index in [0.29, 0.717) is 36.7 Å². The van der Waals surface area contributed by atoms with Crippen LogP contribution in [0.5, 0.6) is 0 Å². The molecule has 0 saturated carbocycles. The molecule has 0 bridgehead atoms. The van der Waals surface area contributed by atoms with Gasteiger partial charge < -0.3 is 4.90 Å². The van der Waals surface area contributed by atoms with E-state index in [9.17, 15) is 14.0 Å². The number of nitrogens with one attached hydrogen (secondary N) is 2. The Hall–Kier alpha value is -2.44. The molecule has 128 valence electrons. The van der Waals surface area contributed by atoms with E-state index in [4.69, 9.17) is 0 Å². The summed E-state index contributed by atoms with van der Waals surface area (Å²) < 4.78 is 13.6. The zero-order valence-electron chi connectivity index (χ0n) is 13.6. The molecule has 1 aliphatic rings. The van der Waals surface area contributed by atoms with Gasteiger partial charge >= 0.3 is 5.69 Å². The van der Waals surface area contributed by atoms with Gasteiger partial charge in [0.2, 0.25) is 5.91 Å². The topological polar surface area (TPSA) is 81.8 Å². The Labute approximate surface area is 139 Å². The lowest BCUT2D eigenvalue weighted by Gasteiger charge is -2.16. The molecule has 2 heterocycles. The van der Waals surface area contributed by atoms with Crippen LogP contribution >= 0.6 is 0 Å². The van der Waals surface area contributed by atoms with Crippen LogP contribution in [0.25, 0.3) is 0 Å². The highest BCUT2D eigenvalue weighted by molar-refractivity contribution is 5.76. The van der Waals surface area contributed by atoms with Crippen molar-refractivity contribution in [3.05, 3.63) is 51.5 Å². The standard InChI is InChI=1S/C17H21FN4O2/c1-11-2-3-12(9-14(11)18)8-13-6-7-22(10-13)16(23)5-4-15-19-17(24)21-20-15/h2-3,9,13H,4-8,10H2,1H3,(H2,19,20,21,24). The normalized spacial score (nSPS) is 17.4. The number of likely N-dealkylation sites (tertiary alicyclic amines) is 1. The van der Waals surface area contributed by atoms with E-state index in [2.05, 4.69) is 15.2 Å². The van der Waals surface area contributed by atoms with Gasteiger partial charge in [-0.3, -0.25) is 9.78 Å². The van der Waals surface area contributed by atoms with E-state index in [1.165, 1.54) is 0 Å². The third-order valence-electron chi connectivity index (χ3n) is 4.53. The minimum atomic E-state index is -0.357. The summed E-state index contributed by atoms with van der Waals surface area (Å²) in [4.78, 5) is 27.6. The Bertz CT molecular complexity index is 783. The van der Waals surface area contributed by atoms with E-state index in [1.54, 1.807) is 19.1 Å². The predicted molar refractivity (Wildman–Crippen MR) is 87.1 cm³/mol. The maximum atomic E-state index is 13.6. The number of hydrogen-bond donors (Lipinski definition) is 2. The molecule has 3 rings (SSSR count). The van der Waals surface area contributed by atoms with Crippen LogP contribution in [0.1, 0.15) is 29.8 Å². The molecule has 1 aromatic heterocycles. The fourth-order valence-corrected chi connectivity index (χ4v) is 3.13. The van der Waals surface area contributed by atoms with Crippen LogP contribution in [0, 0.1) is 18.7 Å². The van der Waals surface area contributed by atoms with Gasteiger partial charge in [0.1, 0.15) is 11.6 Å². The van der Waals surface area contributed by atoms with Gasteiger partial charge in [-0.1, -0.05) is 12.1 Å². The zero-order valence-corrected chi connectivity index (χ0v) is 13.6. The molecule has 1 saturated heterocycles. The first-order valence-corrected chi connectivity index (χ1v) is 8.17. The molecule has 6 nitrogen and oxygen atoms in total. The number of H-pyrrole nitrogens is 2. The van der Waals surface area contributed by atoms with Crippen molar-refractivity contribution in [1.82, 2.24) is 20.1 Å². The van der Waals surface area contributed by atoms with Crippen molar-refractivity contribution >= 4 is 5.91 Å². The Morgan fingerprint density at radius 3 is 3.00 bits per heavy atom. The lowest BCUT2D eigenvalue weighted by Crippen LogP contribution is -2.29. The second-order valence-corrected chi connectivity index (χ2v) is 6.41. The summed E-state index contributed by atoms with van der Waals surface area (Å²) in [5.74, 6) is 0.753. The van der Waals surface area contributed by atoms with Crippen LogP contribution in [0.3, 0.4) is 0 Å². The molecule has 2 N–H and O–H groups in total. The van der Waals surface area contributed by atoms with Crippen molar-refractivity contribution in [2.75, 3.05) is 13.1 Å². The van der Waals surface area contributed by atoms with Gasteiger partial charge in [-0.05, 0) is 42.9 Å². The fraction of sp³-hybridized carbons (Fsp3) is 0.471. The predicted octanol–water partition coefficient (Wildman–Crippen LogP) is 1.57. The Morgan fingerprint density at radius 2 is 2.29 bits per heavy atom. The number of carbonyl (C=O) groups excluding carboxylic acids is 1. The quantitative estimate of drug-likeness (QED) is 0.872. The minimum absolute atomic E-state index is 0.0661. The molecule has 1 atom stereocenters. The minimum Gasteiger partial charge on any atom is -0.342 e. The van der Waals surface area contributed by atoms with Crippen molar-refractivity contribution in [1.29, 1.82) is 0 Å². The highest BCUT2D eigenvalue weighted by Crippen LogP contribution is 2.22. The summed E-state index contributed by atoms with van der Waals surface area (Å²) in [6.45, 7) is 3.18. The number of aryl methyl sites for hydroxylation is 2. The van der Waals surface area contributed by atoms with E-state index in [0.717, 1.165) is 24.9 Å². The van der Waals surface area contributed by atoms with Crippen molar-refractivity contribution in [3.63, 3.8) is 0 Å². The molecule has 1 amide bonds. The van der Waals surface area contributed by atoms with Crippen LogP contribution in [0.4, 0.5) is 4.39 Å². The average Bonchev–Trinajstić information content (AvgIpc) is 3.18. The molecule has 1 aliphatic heterocycles.